The van der Waals surface area contributed by atoms with Crippen molar-refractivity contribution in [3.63, 3.8) is 0 Å². The Bertz CT molecular complexity index is 1320. The summed E-state index contributed by atoms with van der Waals surface area (Å²) in [6.45, 7) is 4.84. The van der Waals surface area contributed by atoms with E-state index in [9.17, 15) is 19.5 Å². The van der Waals surface area contributed by atoms with Gasteiger partial charge in [-0.1, -0.05) is 31.5 Å². The smallest absolute Gasteiger partial charge is 0.308 e. The molecule has 11 nitrogen and oxygen atoms in total. The molecule has 3 heterocycles. The second kappa shape index (κ2) is 13.0. The number of carbonyl (C=O) groups is 3. The fraction of sp³-hybridized carbons (Fsp3) is 0.516. The molecule has 0 aromatic heterocycles. The van der Waals surface area contributed by atoms with Gasteiger partial charge in [0.15, 0.2) is 11.5 Å². The number of nitrogens with zero attached hydrogens (tertiary/aromatic N) is 3. The molecule has 3 aliphatic heterocycles. The predicted molar refractivity (Wildman–Crippen MR) is 155 cm³/mol. The summed E-state index contributed by atoms with van der Waals surface area (Å²) in [5.74, 6) is -0.846. The first-order valence-corrected chi connectivity index (χ1v) is 14.7. The van der Waals surface area contributed by atoms with Gasteiger partial charge in [0.1, 0.15) is 0 Å². The minimum Gasteiger partial charge on any atom is -0.493 e. The highest BCUT2D eigenvalue weighted by Crippen LogP contribution is 2.47. The Morgan fingerprint density at radius 1 is 1.19 bits per heavy atom. The van der Waals surface area contributed by atoms with Gasteiger partial charge in [-0.15, -0.1) is 0 Å². The number of methoxy groups -OCH3 is 1. The van der Waals surface area contributed by atoms with Gasteiger partial charge in [0.05, 0.1) is 19.6 Å². The zero-order chi connectivity index (χ0) is 29.8. The Balaban J connectivity index is 1.43. The molecule has 226 valence electrons. The van der Waals surface area contributed by atoms with Crippen LogP contribution in [0.1, 0.15) is 53.6 Å². The summed E-state index contributed by atoms with van der Waals surface area (Å²) in [5, 5.41) is 10.6. The van der Waals surface area contributed by atoms with Crippen molar-refractivity contribution in [2.24, 2.45) is 11.7 Å². The Morgan fingerprint density at radius 2 is 2.00 bits per heavy atom. The first-order chi connectivity index (χ1) is 20.4. The minimum atomic E-state index is -0.947. The zero-order valence-electron chi connectivity index (χ0n) is 24.3. The van der Waals surface area contributed by atoms with E-state index in [2.05, 4.69) is 6.92 Å². The van der Waals surface area contributed by atoms with Crippen molar-refractivity contribution in [3.05, 3.63) is 53.1 Å². The summed E-state index contributed by atoms with van der Waals surface area (Å²) in [6.07, 6.45) is 2.22. The number of hydrogen-bond acceptors (Lipinski definition) is 8. The lowest BCUT2D eigenvalue weighted by atomic mass is 9.84. The molecule has 0 saturated carbocycles. The number of benzene rings is 2. The molecule has 2 aromatic rings. The monoisotopic (exact) mass is 580 g/mol. The second-order valence-corrected chi connectivity index (χ2v) is 11.1. The van der Waals surface area contributed by atoms with Crippen LogP contribution in [-0.2, 0) is 16.1 Å². The third kappa shape index (κ3) is 5.89. The number of likely N-dealkylation sites (tertiary alicyclic amines) is 1. The average molecular weight is 581 g/mol. The Kier molecular flexibility index (Phi) is 9.18. The summed E-state index contributed by atoms with van der Waals surface area (Å²) in [5.41, 5.74) is 8.22. The van der Waals surface area contributed by atoms with Crippen molar-refractivity contribution in [2.75, 3.05) is 53.2 Å². The third-order valence-corrected chi connectivity index (χ3v) is 8.60. The lowest BCUT2D eigenvalue weighted by molar-refractivity contribution is -0.143. The molecule has 5 rings (SSSR count). The quantitative estimate of drug-likeness (QED) is 0.366. The Hall–Kier alpha value is -3.83. The largest absolute Gasteiger partial charge is 0.493 e. The summed E-state index contributed by atoms with van der Waals surface area (Å²) in [7, 11) is 1.53. The molecule has 0 unspecified atom stereocenters. The number of fused-ring (bicyclic) bond motifs is 2. The molecule has 1 fully saturated rings. The van der Waals surface area contributed by atoms with E-state index >= 15 is 0 Å². The highest BCUT2D eigenvalue weighted by Gasteiger charge is 2.48. The number of nitrogens with two attached hydrogens (primary N) is 1. The first-order valence-electron chi connectivity index (χ1n) is 14.7. The molecular formula is C31H40N4O7. The van der Waals surface area contributed by atoms with E-state index in [-0.39, 0.29) is 25.2 Å². The molecule has 1 saturated heterocycles. The number of carbonyl (C=O) groups excluding carboxylic acids is 2. The molecule has 2 amide bonds. The molecule has 0 radical (unpaired) electrons. The van der Waals surface area contributed by atoms with Gasteiger partial charge in [0.25, 0.3) is 5.91 Å². The van der Waals surface area contributed by atoms with Gasteiger partial charge in [0.2, 0.25) is 18.4 Å². The minimum absolute atomic E-state index is 0.0520. The van der Waals surface area contributed by atoms with Gasteiger partial charge in [-0.25, -0.2) is 0 Å². The zero-order valence-corrected chi connectivity index (χ0v) is 24.3. The lowest BCUT2D eigenvalue weighted by Crippen LogP contribution is -2.46. The molecule has 3 N–H and O–H groups in total. The van der Waals surface area contributed by atoms with E-state index in [1.54, 1.807) is 15.9 Å². The topological polar surface area (TPSA) is 135 Å². The Morgan fingerprint density at radius 3 is 2.71 bits per heavy atom. The number of ether oxygens (including phenoxy) is 3. The highest BCUT2D eigenvalue weighted by atomic mass is 16.7. The van der Waals surface area contributed by atoms with Crippen LogP contribution in [-0.4, -0.2) is 96.8 Å². The molecule has 11 heteroatoms. The van der Waals surface area contributed by atoms with Gasteiger partial charge in [-0.3, -0.25) is 19.3 Å². The lowest BCUT2D eigenvalue weighted by Gasteiger charge is -2.30. The number of carboxylic acids is 1. The van der Waals surface area contributed by atoms with E-state index in [4.69, 9.17) is 19.9 Å². The summed E-state index contributed by atoms with van der Waals surface area (Å²) >= 11 is 0. The van der Waals surface area contributed by atoms with Gasteiger partial charge in [-0.2, -0.15) is 0 Å². The van der Waals surface area contributed by atoms with Crippen molar-refractivity contribution in [3.8, 4) is 17.2 Å². The van der Waals surface area contributed by atoms with E-state index < -0.39 is 23.8 Å². The van der Waals surface area contributed by atoms with Crippen molar-refractivity contribution in [1.82, 2.24) is 14.7 Å². The average Bonchev–Trinajstić information content (AvgIpc) is 3.69. The molecule has 0 aliphatic carbocycles. The first kappa shape index (κ1) is 29.7. The number of amides is 2. The van der Waals surface area contributed by atoms with E-state index in [1.807, 2.05) is 35.2 Å². The number of hydrogen-bond donors (Lipinski definition) is 2. The normalized spacial score (nSPS) is 21.1. The van der Waals surface area contributed by atoms with E-state index in [0.29, 0.717) is 68.5 Å². The van der Waals surface area contributed by atoms with Crippen LogP contribution >= 0.6 is 0 Å². The summed E-state index contributed by atoms with van der Waals surface area (Å²) < 4.78 is 16.7. The second-order valence-electron chi connectivity index (χ2n) is 11.1. The van der Waals surface area contributed by atoms with Crippen LogP contribution in [0.25, 0.3) is 0 Å². The van der Waals surface area contributed by atoms with Crippen LogP contribution in [0.5, 0.6) is 17.2 Å². The maximum absolute atomic E-state index is 13.5. The van der Waals surface area contributed by atoms with Crippen molar-refractivity contribution in [2.45, 2.75) is 44.7 Å². The molecule has 0 bridgehead atoms. The van der Waals surface area contributed by atoms with Gasteiger partial charge in [0, 0.05) is 56.8 Å². The van der Waals surface area contributed by atoms with Crippen molar-refractivity contribution < 1.29 is 33.7 Å². The molecule has 42 heavy (non-hydrogen) atoms. The molecule has 0 spiro atoms. The number of unbranched alkanes of at least 4 members (excludes halogenated alkanes) is 1. The van der Waals surface area contributed by atoms with Gasteiger partial charge in [-0.05, 0) is 42.2 Å². The predicted octanol–water partition coefficient (Wildman–Crippen LogP) is 2.53. The maximum Gasteiger partial charge on any atom is 0.308 e. The summed E-state index contributed by atoms with van der Waals surface area (Å²) in [4.78, 5) is 45.1. The number of aliphatic carboxylic acids is 1. The standard InChI is InChI=1S/C31H40N4O7/c1-3-4-11-33(13-10-32)27(36)18-35-17-23(21-14-25(40-2)29-26(15-21)41-19-42-29)28(31(38)39)24(35)9-12-34-16-20-7-5-6-8-22(20)30(34)37/h5-8,14-15,23-24,28H,3-4,9-13,16-19,32H2,1-2H3,(H,38,39)/t23-,24+,28-/m1/s1. The number of carboxylic acid groups (broad SMARTS) is 1. The van der Waals surface area contributed by atoms with Gasteiger partial charge < -0.3 is 34.9 Å². The SMILES string of the molecule is CCCCN(CCN)C(=O)CN1C[C@H](c2cc(OC)c3c(c2)OCO3)[C@@H](C(=O)O)[C@@H]1CCN1Cc2ccccc2C1=O. The van der Waals surface area contributed by atoms with E-state index in [0.717, 1.165) is 24.0 Å². The van der Waals surface area contributed by atoms with Crippen LogP contribution in [0, 0.1) is 5.92 Å². The number of rotatable bonds is 13. The fourth-order valence-electron chi connectivity index (χ4n) is 6.48. The molecular weight excluding hydrogens is 540 g/mol. The van der Waals surface area contributed by atoms with Crippen molar-refractivity contribution in [1.29, 1.82) is 0 Å². The fourth-order valence-corrected chi connectivity index (χ4v) is 6.48. The van der Waals surface area contributed by atoms with E-state index in [1.165, 1.54) is 7.11 Å². The van der Waals surface area contributed by atoms with Crippen LogP contribution in [0.3, 0.4) is 0 Å². The van der Waals surface area contributed by atoms with Crippen LogP contribution < -0.4 is 19.9 Å². The molecule has 3 atom stereocenters. The van der Waals surface area contributed by atoms with Crippen LogP contribution in [0.4, 0.5) is 0 Å². The molecule has 2 aromatic carbocycles. The van der Waals surface area contributed by atoms with Crippen LogP contribution in [0.2, 0.25) is 0 Å². The van der Waals surface area contributed by atoms with Crippen molar-refractivity contribution >= 4 is 17.8 Å². The molecule has 3 aliphatic rings. The van der Waals surface area contributed by atoms with Crippen LogP contribution in [0.15, 0.2) is 36.4 Å². The maximum atomic E-state index is 13.5. The Labute approximate surface area is 246 Å². The summed E-state index contributed by atoms with van der Waals surface area (Å²) in [6, 6.07) is 10.7. The van der Waals surface area contributed by atoms with Gasteiger partial charge >= 0.3 is 5.97 Å². The third-order valence-electron chi connectivity index (χ3n) is 8.60. The highest BCUT2D eigenvalue weighted by molar-refractivity contribution is 5.98.